The zero-order chi connectivity index (χ0) is 14.9. The highest BCUT2D eigenvalue weighted by atomic mass is 35.5. The van der Waals surface area contributed by atoms with Gasteiger partial charge in [-0.1, -0.05) is 46.9 Å². The maximum Gasteiger partial charge on any atom is 0.288 e. The van der Waals surface area contributed by atoms with E-state index in [-0.39, 0.29) is 32.3 Å². The van der Waals surface area contributed by atoms with E-state index >= 15 is 0 Å². The predicted molar refractivity (Wildman–Crippen MR) is 74.2 cm³/mol. The zero-order valence-electron chi connectivity index (χ0n) is 9.63. The number of rotatable bonds is 3. The van der Waals surface area contributed by atoms with E-state index in [1.54, 1.807) is 0 Å². The average Bonchev–Trinajstić information content (AvgIpc) is 2.38. The molecular weight excluding hydrogens is 328 g/mol. The Morgan fingerprint density at radius 1 is 1.30 bits per heavy atom. The maximum absolute atomic E-state index is 10.8. The first-order valence-electron chi connectivity index (χ1n) is 5.20. The molecule has 0 amide bonds. The van der Waals surface area contributed by atoms with Crippen molar-refractivity contribution in [3.63, 3.8) is 0 Å². The number of halogens is 3. The third-order valence-corrected chi connectivity index (χ3v) is 3.36. The lowest BCUT2D eigenvalue weighted by Gasteiger charge is -2.13. The van der Waals surface area contributed by atoms with Crippen LogP contribution in [-0.4, -0.2) is 20.0 Å². The van der Waals surface area contributed by atoms with Crippen molar-refractivity contribution < 1.29 is 10.0 Å². The van der Waals surface area contributed by atoms with Crippen LogP contribution in [0.4, 0.5) is 5.69 Å². The van der Waals surface area contributed by atoms with Gasteiger partial charge in [0.15, 0.2) is 5.15 Å². The monoisotopic (exact) mass is 333 g/mol. The number of nitrogens with zero attached hydrogens (tertiary/aromatic N) is 3. The van der Waals surface area contributed by atoms with Crippen molar-refractivity contribution in [3.8, 4) is 0 Å². The van der Waals surface area contributed by atoms with E-state index < -0.39 is 11.0 Å². The second-order valence-electron chi connectivity index (χ2n) is 3.71. The molecule has 0 saturated carbocycles. The summed E-state index contributed by atoms with van der Waals surface area (Å²) < 4.78 is 0. The van der Waals surface area contributed by atoms with Crippen molar-refractivity contribution >= 4 is 40.5 Å². The third kappa shape index (κ3) is 2.83. The molecule has 1 atom stereocenters. The van der Waals surface area contributed by atoms with E-state index in [0.717, 1.165) is 0 Å². The molecule has 1 aromatic carbocycles. The molecule has 0 aliphatic carbocycles. The minimum absolute atomic E-state index is 0.0125. The smallest absolute Gasteiger partial charge is 0.288 e. The molecule has 2 rings (SSSR count). The van der Waals surface area contributed by atoms with Crippen LogP contribution < -0.4 is 0 Å². The highest BCUT2D eigenvalue weighted by Crippen LogP contribution is 2.35. The van der Waals surface area contributed by atoms with Crippen molar-refractivity contribution in [2.75, 3.05) is 0 Å². The number of nitro benzene ring substituents is 1. The van der Waals surface area contributed by atoms with Gasteiger partial charge in [0.05, 0.1) is 11.1 Å². The lowest BCUT2D eigenvalue weighted by molar-refractivity contribution is -0.384. The molecule has 1 unspecified atom stereocenters. The van der Waals surface area contributed by atoms with Gasteiger partial charge in [-0.05, 0) is 0 Å². The summed E-state index contributed by atoms with van der Waals surface area (Å²) in [5.41, 5.74) is -0.195. The maximum atomic E-state index is 10.8. The van der Waals surface area contributed by atoms with Gasteiger partial charge in [-0.25, -0.2) is 4.98 Å². The quantitative estimate of drug-likeness (QED) is 0.686. The fourth-order valence-electron chi connectivity index (χ4n) is 1.58. The molecule has 0 aliphatic rings. The molecule has 0 saturated heterocycles. The van der Waals surface area contributed by atoms with Crippen LogP contribution >= 0.6 is 34.8 Å². The lowest BCUT2D eigenvalue weighted by atomic mass is 10.1. The molecule has 6 nitrogen and oxygen atoms in total. The van der Waals surface area contributed by atoms with E-state index in [0.29, 0.717) is 0 Å². The molecule has 1 aromatic heterocycles. The number of hydrogen-bond donors (Lipinski definition) is 1. The molecule has 0 aliphatic heterocycles. The van der Waals surface area contributed by atoms with Gasteiger partial charge in [0.25, 0.3) is 5.69 Å². The number of nitro groups is 1. The fourth-order valence-corrected chi connectivity index (χ4v) is 2.29. The Hall–Kier alpha value is -1.47. The van der Waals surface area contributed by atoms with Gasteiger partial charge in [-0.3, -0.25) is 15.1 Å². The largest absolute Gasteiger partial charge is 0.382 e. The summed E-state index contributed by atoms with van der Waals surface area (Å²) >= 11 is 17.4. The molecule has 0 radical (unpaired) electrons. The highest BCUT2D eigenvalue weighted by Gasteiger charge is 2.24. The van der Waals surface area contributed by atoms with Crippen LogP contribution in [0.15, 0.2) is 24.4 Å². The Labute approximate surface area is 128 Å². The van der Waals surface area contributed by atoms with Crippen LogP contribution in [0, 0.1) is 10.1 Å². The first-order valence-corrected chi connectivity index (χ1v) is 6.34. The van der Waals surface area contributed by atoms with Crippen LogP contribution in [0.1, 0.15) is 17.4 Å². The number of benzene rings is 1. The lowest BCUT2D eigenvalue weighted by Crippen LogP contribution is -2.06. The Kier molecular flexibility index (Phi) is 4.39. The van der Waals surface area contributed by atoms with Crippen LogP contribution in [0.25, 0.3) is 0 Å². The van der Waals surface area contributed by atoms with Crippen molar-refractivity contribution in [1.29, 1.82) is 0 Å². The molecular formula is C11H6Cl3N3O3. The average molecular weight is 335 g/mol. The van der Waals surface area contributed by atoms with Gasteiger partial charge >= 0.3 is 0 Å². The van der Waals surface area contributed by atoms with Crippen LogP contribution in [-0.2, 0) is 0 Å². The molecule has 0 bridgehead atoms. The molecule has 0 spiro atoms. The Balaban J connectivity index is 2.51. The molecule has 0 fully saturated rings. The zero-order valence-corrected chi connectivity index (χ0v) is 11.9. The van der Waals surface area contributed by atoms with Crippen molar-refractivity contribution in [1.82, 2.24) is 9.97 Å². The summed E-state index contributed by atoms with van der Waals surface area (Å²) in [6.45, 7) is 0. The first kappa shape index (κ1) is 14.9. The molecule has 20 heavy (non-hydrogen) atoms. The number of aliphatic hydroxyl groups is 1. The van der Waals surface area contributed by atoms with Gasteiger partial charge in [-0.15, -0.1) is 0 Å². The van der Waals surface area contributed by atoms with E-state index in [4.69, 9.17) is 34.8 Å². The molecule has 9 heteroatoms. The molecule has 104 valence electrons. The van der Waals surface area contributed by atoms with Gasteiger partial charge in [-0.2, -0.15) is 0 Å². The summed E-state index contributed by atoms with van der Waals surface area (Å²) in [6.07, 6.45) is -0.142. The number of hydrogen-bond acceptors (Lipinski definition) is 5. The van der Waals surface area contributed by atoms with Crippen molar-refractivity contribution in [2.24, 2.45) is 0 Å². The minimum atomic E-state index is -1.35. The normalized spacial score (nSPS) is 12.2. The molecule has 1 heterocycles. The van der Waals surface area contributed by atoms with Gasteiger partial charge in [0, 0.05) is 11.6 Å². The highest BCUT2D eigenvalue weighted by molar-refractivity contribution is 6.34. The topological polar surface area (TPSA) is 89.2 Å². The minimum Gasteiger partial charge on any atom is -0.382 e. The molecule has 2 aromatic rings. The first-order chi connectivity index (χ1) is 9.41. The summed E-state index contributed by atoms with van der Waals surface area (Å²) in [6, 6.07) is 4.07. The van der Waals surface area contributed by atoms with Gasteiger partial charge in [0.2, 0.25) is 0 Å². The summed E-state index contributed by atoms with van der Waals surface area (Å²) in [5, 5.41) is 20.8. The second kappa shape index (κ2) is 5.88. The summed E-state index contributed by atoms with van der Waals surface area (Å²) in [4.78, 5) is 17.8. The summed E-state index contributed by atoms with van der Waals surface area (Å²) in [5.74, 6) is 0. The van der Waals surface area contributed by atoms with E-state index in [2.05, 4.69) is 9.97 Å². The summed E-state index contributed by atoms with van der Waals surface area (Å²) in [7, 11) is 0. The van der Waals surface area contributed by atoms with E-state index in [9.17, 15) is 15.2 Å². The van der Waals surface area contributed by atoms with E-state index in [1.807, 2.05) is 0 Å². The second-order valence-corrected chi connectivity index (χ2v) is 4.83. The van der Waals surface area contributed by atoms with Crippen LogP contribution in [0.3, 0.4) is 0 Å². The standard InChI is InChI=1S/C11H6Cl3N3O3/c12-7-4-15-9(11(14)16-7)10(18)5-2-1-3-6(8(5)13)17(19)20/h1-4,10,18H. The van der Waals surface area contributed by atoms with Crippen molar-refractivity contribution in [2.45, 2.75) is 6.10 Å². The van der Waals surface area contributed by atoms with Crippen molar-refractivity contribution in [3.05, 3.63) is 61.1 Å². The Bertz CT molecular complexity index is 681. The Morgan fingerprint density at radius 3 is 2.60 bits per heavy atom. The van der Waals surface area contributed by atoms with Crippen LogP contribution in [0.2, 0.25) is 15.3 Å². The Morgan fingerprint density at radius 2 is 2.00 bits per heavy atom. The van der Waals surface area contributed by atoms with Crippen LogP contribution in [0.5, 0.6) is 0 Å². The fraction of sp³-hybridized carbons (Fsp3) is 0.0909. The number of aliphatic hydroxyl groups excluding tert-OH is 1. The van der Waals surface area contributed by atoms with Gasteiger partial charge in [0.1, 0.15) is 22.0 Å². The predicted octanol–water partition coefficient (Wildman–Crippen LogP) is 3.43. The van der Waals surface area contributed by atoms with E-state index in [1.165, 1.54) is 24.4 Å². The number of aromatic nitrogens is 2. The SMILES string of the molecule is O=[N+]([O-])c1cccc(C(O)c2ncc(Cl)nc2Cl)c1Cl. The molecule has 1 N–H and O–H groups in total. The third-order valence-electron chi connectivity index (χ3n) is 2.48. The van der Waals surface area contributed by atoms with Gasteiger partial charge < -0.3 is 5.11 Å².